The molecule has 3 rings (SSSR count). The molecule has 0 spiro atoms. The van der Waals surface area contributed by atoms with Crippen molar-refractivity contribution in [1.82, 2.24) is 0 Å². The second-order valence-electron chi connectivity index (χ2n) is 4.90. The first-order chi connectivity index (χ1) is 9.63. The van der Waals surface area contributed by atoms with E-state index >= 15 is 0 Å². The molecule has 0 heterocycles. The van der Waals surface area contributed by atoms with Crippen molar-refractivity contribution in [2.24, 2.45) is 0 Å². The van der Waals surface area contributed by atoms with E-state index in [0.717, 1.165) is 28.7 Å². The maximum absolute atomic E-state index is 12.9. The molecule has 1 aliphatic carbocycles. The van der Waals surface area contributed by atoms with Crippen LogP contribution in [-0.2, 0) is 11.2 Å². The Balaban J connectivity index is 2.03. The fourth-order valence-corrected chi connectivity index (χ4v) is 2.48. The number of halogens is 1. The molecule has 0 fully saturated rings. The molecule has 1 aliphatic rings. The number of aliphatic carboxylic acids is 1. The van der Waals surface area contributed by atoms with E-state index in [4.69, 9.17) is 5.11 Å². The van der Waals surface area contributed by atoms with Gasteiger partial charge in [-0.3, -0.25) is 0 Å². The minimum Gasteiger partial charge on any atom is -0.478 e. The maximum Gasteiger partial charge on any atom is 0.331 e. The largest absolute Gasteiger partial charge is 0.478 e. The molecule has 0 aliphatic heterocycles. The molecule has 0 bridgehead atoms. The molecule has 0 amide bonds. The number of fused-ring (bicyclic) bond motifs is 1. The van der Waals surface area contributed by atoms with Crippen LogP contribution < -0.4 is 0 Å². The number of aryl methyl sites for hydroxylation is 1. The van der Waals surface area contributed by atoms with Crippen molar-refractivity contribution in [2.45, 2.75) is 12.8 Å². The Morgan fingerprint density at radius 1 is 1.00 bits per heavy atom. The van der Waals surface area contributed by atoms with Crippen molar-refractivity contribution in [3.8, 4) is 11.1 Å². The van der Waals surface area contributed by atoms with Crippen molar-refractivity contribution in [2.75, 3.05) is 0 Å². The van der Waals surface area contributed by atoms with Gasteiger partial charge in [-0.2, -0.15) is 0 Å². The molecular weight excluding hydrogens is 255 g/mol. The Bertz CT molecular complexity index is 699. The summed E-state index contributed by atoms with van der Waals surface area (Å²) in [5, 5.41) is 9.07. The number of carbonyl (C=O) groups is 1. The summed E-state index contributed by atoms with van der Waals surface area (Å²) in [6.45, 7) is 0. The first-order valence-corrected chi connectivity index (χ1v) is 6.46. The lowest BCUT2D eigenvalue weighted by atomic mass is 9.90. The molecule has 20 heavy (non-hydrogen) atoms. The van der Waals surface area contributed by atoms with Gasteiger partial charge in [0.2, 0.25) is 0 Å². The number of carboxylic acids is 1. The highest BCUT2D eigenvalue weighted by atomic mass is 19.1. The van der Waals surface area contributed by atoms with Crippen molar-refractivity contribution in [1.29, 1.82) is 0 Å². The monoisotopic (exact) mass is 268 g/mol. The van der Waals surface area contributed by atoms with E-state index in [1.165, 1.54) is 12.1 Å². The van der Waals surface area contributed by atoms with Gasteiger partial charge in [-0.1, -0.05) is 24.3 Å². The number of hydrogen-bond acceptors (Lipinski definition) is 1. The maximum atomic E-state index is 12.9. The van der Waals surface area contributed by atoms with Gasteiger partial charge < -0.3 is 5.11 Å². The van der Waals surface area contributed by atoms with Crippen LogP contribution in [0.2, 0.25) is 0 Å². The minimum absolute atomic E-state index is 0.264. The number of rotatable bonds is 2. The highest BCUT2D eigenvalue weighted by Gasteiger charge is 2.15. The molecule has 0 unspecified atom stereocenters. The van der Waals surface area contributed by atoms with Gasteiger partial charge in [-0.25, -0.2) is 9.18 Å². The van der Waals surface area contributed by atoms with Gasteiger partial charge in [0.1, 0.15) is 5.82 Å². The van der Waals surface area contributed by atoms with Gasteiger partial charge in [0, 0.05) is 5.57 Å². The first-order valence-electron chi connectivity index (χ1n) is 6.46. The van der Waals surface area contributed by atoms with E-state index in [9.17, 15) is 9.18 Å². The standard InChI is InChI=1S/C17H13FO2/c18-16-7-5-11(6-8-16)13-3-1-12-2-4-14(17(19)20)10-15(12)9-13/h1,3,5-10H,2,4H2,(H,19,20). The van der Waals surface area contributed by atoms with Crippen LogP contribution in [0.3, 0.4) is 0 Å². The van der Waals surface area contributed by atoms with Crippen LogP contribution in [0.15, 0.2) is 48.0 Å². The second kappa shape index (κ2) is 4.93. The topological polar surface area (TPSA) is 37.3 Å². The van der Waals surface area contributed by atoms with E-state index in [2.05, 4.69) is 0 Å². The van der Waals surface area contributed by atoms with Crippen molar-refractivity contribution in [3.63, 3.8) is 0 Å². The summed E-state index contributed by atoms with van der Waals surface area (Å²) in [7, 11) is 0. The Kier molecular flexibility index (Phi) is 3.11. The molecular formula is C17H13FO2. The third-order valence-corrected chi connectivity index (χ3v) is 3.59. The molecule has 0 radical (unpaired) electrons. The Morgan fingerprint density at radius 2 is 1.70 bits per heavy atom. The van der Waals surface area contributed by atoms with Crippen LogP contribution in [0.4, 0.5) is 4.39 Å². The van der Waals surface area contributed by atoms with Crippen LogP contribution in [0.25, 0.3) is 17.2 Å². The third-order valence-electron chi connectivity index (χ3n) is 3.59. The van der Waals surface area contributed by atoms with Gasteiger partial charge in [0.15, 0.2) is 0 Å². The van der Waals surface area contributed by atoms with E-state index in [1.54, 1.807) is 18.2 Å². The fourth-order valence-electron chi connectivity index (χ4n) is 2.48. The SMILES string of the molecule is O=C(O)C1=Cc2cc(-c3ccc(F)cc3)ccc2CC1. The summed E-state index contributed by atoms with van der Waals surface area (Å²) >= 11 is 0. The van der Waals surface area contributed by atoms with Crippen LogP contribution in [-0.4, -0.2) is 11.1 Å². The van der Waals surface area contributed by atoms with Gasteiger partial charge in [0.25, 0.3) is 0 Å². The zero-order chi connectivity index (χ0) is 14.1. The van der Waals surface area contributed by atoms with Gasteiger partial charge in [-0.15, -0.1) is 0 Å². The summed E-state index contributed by atoms with van der Waals surface area (Å²) in [6, 6.07) is 12.3. The molecule has 0 atom stereocenters. The van der Waals surface area contributed by atoms with E-state index in [1.807, 2.05) is 18.2 Å². The lowest BCUT2D eigenvalue weighted by molar-refractivity contribution is -0.132. The molecule has 2 aromatic carbocycles. The van der Waals surface area contributed by atoms with Crippen molar-refractivity contribution < 1.29 is 14.3 Å². The molecule has 100 valence electrons. The average Bonchev–Trinajstić information content (AvgIpc) is 2.47. The smallest absolute Gasteiger partial charge is 0.331 e. The number of carboxylic acid groups (broad SMARTS) is 1. The van der Waals surface area contributed by atoms with Crippen LogP contribution >= 0.6 is 0 Å². The lowest BCUT2D eigenvalue weighted by Crippen LogP contribution is -2.07. The number of benzene rings is 2. The van der Waals surface area contributed by atoms with E-state index in [0.29, 0.717) is 12.0 Å². The third kappa shape index (κ3) is 2.35. The van der Waals surface area contributed by atoms with E-state index in [-0.39, 0.29) is 5.82 Å². The summed E-state index contributed by atoms with van der Waals surface area (Å²) < 4.78 is 12.9. The average molecular weight is 268 g/mol. The fraction of sp³-hybridized carbons (Fsp3) is 0.118. The second-order valence-corrected chi connectivity index (χ2v) is 4.90. The summed E-state index contributed by atoms with van der Waals surface area (Å²) in [6.07, 6.45) is 3.05. The highest BCUT2D eigenvalue weighted by Crippen LogP contribution is 2.29. The van der Waals surface area contributed by atoms with E-state index < -0.39 is 5.97 Å². The molecule has 3 heteroatoms. The minimum atomic E-state index is -0.858. The Morgan fingerprint density at radius 3 is 2.40 bits per heavy atom. The quantitative estimate of drug-likeness (QED) is 0.896. The van der Waals surface area contributed by atoms with Crippen LogP contribution in [0, 0.1) is 5.82 Å². The van der Waals surface area contributed by atoms with Crippen molar-refractivity contribution >= 4 is 12.0 Å². The zero-order valence-corrected chi connectivity index (χ0v) is 10.8. The molecule has 2 aromatic rings. The molecule has 2 nitrogen and oxygen atoms in total. The normalized spacial score (nSPS) is 13.6. The molecule has 0 saturated heterocycles. The summed E-state index contributed by atoms with van der Waals surface area (Å²) in [5.41, 5.74) is 4.42. The summed E-state index contributed by atoms with van der Waals surface area (Å²) in [5.74, 6) is -1.12. The summed E-state index contributed by atoms with van der Waals surface area (Å²) in [4.78, 5) is 11.0. The highest BCUT2D eigenvalue weighted by molar-refractivity contribution is 5.93. The molecule has 0 aromatic heterocycles. The molecule has 0 saturated carbocycles. The number of hydrogen-bond donors (Lipinski definition) is 1. The van der Waals surface area contributed by atoms with Gasteiger partial charge in [-0.05, 0) is 59.4 Å². The van der Waals surface area contributed by atoms with Crippen LogP contribution in [0.1, 0.15) is 17.5 Å². The first kappa shape index (κ1) is 12.6. The van der Waals surface area contributed by atoms with Gasteiger partial charge >= 0.3 is 5.97 Å². The lowest BCUT2D eigenvalue weighted by Gasteiger charge is -2.15. The Hall–Kier alpha value is -2.42. The zero-order valence-electron chi connectivity index (χ0n) is 10.8. The predicted molar refractivity (Wildman–Crippen MR) is 75.8 cm³/mol. The van der Waals surface area contributed by atoms with Crippen LogP contribution in [0.5, 0.6) is 0 Å². The van der Waals surface area contributed by atoms with Gasteiger partial charge in [0.05, 0.1) is 0 Å². The predicted octanol–water partition coefficient (Wildman–Crippen LogP) is 3.91. The molecule has 1 N–H and O–H groups in total. The van der Waals surface area contributed by atoms with Crippen molar-refractivity contribution in [3.05, 3.63) is 65.0 Å². The Labute approximate surface area is 116 Å².